The molecule has 1 atom stereocenters. The van der Waals surface area contributed by atoms with E-state index in [1.54, 1.807) is 0 Å². The summed E-state index contributed by atoms with van der Waals surface area (Å²) in [5, 5.41) is 28.2. The van der Waals surface area contributed by atoms with Crippen molar-refractivity contribution in [3.63, 3.8) is 0 Å². The molecule has 0 aliphatic heterocycles. The molecule has 0 aliphatic rings. The third-order valence-electron chi connectivity index (χ3n) is 4.06. The van der Waals surface area contributed by atoms with Crippen molar-refractivity contribution >= 4 is 5.97 Å². The number of carboxylic acids is 1. The summed E-state index contributed by atoms with van der Waals surface area (Å²) in [5.74, 6) is -0.740. The number of unbranched alkanes of at least 4 members (excludes halogenated alkanes) is 10. The lowest BCUT2D eigenvalue weighted by molar-refractivity contribution is -1.02. The summed E-state index contributed by atoms with van der Waals surface area (Å²) in [5.41, 5.74) is 0.545. The van der Waals surface area contributed by atoms with Gasteiger partial charge in [-0.2, -0.15) is 5.23 Å². The minimum absolute atomic E-state index is 0.235. The second-order valence-electron chi connectivity index (χ2n) is 6.25. The molecule has 0 saturated heterocycles. The molecule has 0 rings (SSSR count). The maximum Gasteiger partial charge on any atom is 0.303 e. The molecule has 0 bridgehead atoms. The molecule has 0 fully saturated rings. The normalized spacial score (nSPS) is 13.3. The lowest BCUT2D eigenvalue weighted by Gasteiger charge is -2.15. The molecule has 0 spiro atoms. The van der Waals surface area contributed by atoms with E-state index in [0.29, 0.717) is 12.1 Å². The summed E-state index contributed by atoms with van der Waals surface area (Å²) < 4.78 is 0. The fourth-order valence-corrected chi connectivity index (χ4v) is 2.62. The molecule has 0 aromatic carbocycles. The van der Waals surface area contributed by atoms with Crippen LogP contribution in [0.25, 0.3) is 0 Å². The number of aliphatic carboxylic acids is 1. The number of hydrogen-bond acceptors (Lipinski definition) is 3. The van der Waals surface area contributed by atoms with Gasteiger partial charge in [0.1, 0.15) is 5.70 Å². The van der Waals surface area contributed by atoms with Gasteiger partial charge in [0.2, 0.25) is 0 Å². The highest BCUT2D eigenvalue weighted by atomic mass is 16.8. The van der Waals surface area contributed by atoms with E-state index in [4.69, 9.17) is 5.11 Å². The fourth-order valence-electron chi connectivity index (χ4n) is 2.62. The van der Waals surface area contributed by atoms with E-state index in [1.165, 1.54) is 32.1 Å². The van der Waals surface area contributed by atoms with Gasteiger partial charge in [-0.15, -0.1) is 0 Å². The van der Waals surface area contributed by atoms with Gasteiger partial charge in [0, 0.05) is 12.8 Å². The van der Waals surface area contributed by atoms with E-state index in [0.717, 1.165) is 44.9 Å². The SMILES string of the molecule is CCCCCCCCC=C(CCCCCCCC(=O)O)[NH+]([O-])O. The van der Waals surface area contributed by atoms with Crippen LogP contribution >= 0.6 is 0 Å². The molecule has 0 aliphatic carbocycles. The predicted octanol–water partition coefficient (Wildman–Crippen LogP) is 4.21. The van der Waals surface area contributed by atoms with E-state index in [1.807, 2.05) is 6.08 Å². The number of quaternary nitrogens is 1. The maximum absolute atomic E-state index is 11.2. The summed E-state index contributed by atoms with van der Waals surface area (Å²) in [7, 11) is 0. The minimum atomic E-state index is -0.790. The molecule has 0 radical (unpaired) electrons. The molecule has 0 aromatic rings. The van der Waals surface area contributed by atoms with Crippen LogP contribution in [0, 0.1) is 5.21 Å². The number of carboxylic acid groups (broad SMARTS) is 1. The van der Waals surface area contributed by atoms with Gasteiger partial charge >= 0.3 is 5.97 Å². The van der Waals surface area contributed by atoms with Crippen molar-refractivity contribution in [2.75, 3.05) is 0 Å². The van der Waals surface area contributed by atoms with Crippen molar-refractivity contribution in [1.82, 2.24) is 0 Å². The van der Waals surface area contributed by atoms with Crippen molar-refractivity contribution in [1.29, 1.82) is 0 Å². The van der Waals surface area contributed by atoms with Crippen molar-refractivity contribution < 1.29 is 20.3 Å². The molecule has 0 aromatic heterocycles. The van der Waals surface area contributed by atoms with Gasteiger partial charge in [-0.05, 0) is 31.8 Å². The predicted molar refractivity (Wildman–Crippen MR) is 92.1 cm³/mol. The molecule has 0 heterocycles. The Bertz CT molecular complexity index is 316. The van der Waals surface area contributed by atoms with Crippen LogP contribution in [0.1, 0.15) is 96.8 Å². The molecule has 5 nitrogen and oxygen atoms in total. The number of carbonyl (C=O) groups is 1. The summed E-state index contributed by atoms with van der Waals surface area (Å²) in [4.78, 5) is 10.4. The number of rotatable bonds is 16. The molecule has 1 unspecified atom stereocenters. The highest BCUT2D eigenvalue weighted by Gasteiger charge is 2.05. The van der Waals surface area contributed by atoms with Crippen molar-refractivity contribution in [2.24, 2.45) is 0 Å². The molecular formula is C18H35NO4. The van der Waals surface area contributed by atoms with E-state index >= 15 is 0 Å². The molecule has 0 saturated carbocycles. The third-order valence-corrected chi connectivity index (χ3v) is 4.06. The second kappa shape index (κ2) is 16.0. The van der Waals surface area contributed by atoms with E-state index in [-0.39, 0.29) is 6.42 Å². The largest absolute Gasteiger partial charge is 0.595 e. The number of hydroxylamine groups is 2. The van der Waals surface area contributed by atoms with Crippen LogP contribution in [0.5, 0.6) is 0 Å². The van der Waals surface area contributed by atoms with Crippen LogP contribution < -0.4 is 5.23 Å². The van der Waals surface area contributed by atoms with Gasteiger partial charge in [0.25, 0.3) is 0 Å². The Morgan fingerprint density at radius 3 is 2.00 bits per heavy atom. The first-order valence-electron chi connectivity index (χ1n) is 9.22. The molecule has 5 heteroatoms. The van der Waals surface area contributed by atoms with Gasteiger partial charge in [0.05, 0.1) is 0 Å². The fraction of sp³-hybridized carbons (Fsp3) is 0.833. The molecule has 3 N–H and O–H groups in total. The monoisotopic (exact) mass is 329 g/mol. The van der Waals surface area contributed by atoms with Crippen molar-refractivity contribution in [3.05, 3.63) is 17.0 Å². The summed E-state index contributed by atoms with van der Waals surface area (Å²) in [6, 6.07) is 0. The van der Waals surface area contributed by atoms with Gasteiger partial charge < -0.3 is 10.3 Å². The lowest BCUT2D eigenvalue weighted by atomic mass is 10.1. The first-order chi connectivity index (χ1) is 11.1. The van der Waals surface area contributed by atoms with Crippen molar-refractivity contribution in [2.45, 2.75) is 96.8 Å². The Hall–Kier alpha value is -0.910. The summed E-state index contributed by atoms with van der Waals surface area (Å²) in [6.45, 7) is 2.20. The smallest absolute Gasteiger partial charge is 0.303 e. The van der Waals surface area contributed by atoms with E-state index in [2.05, 4.69) is 6.92 Å². The molecule has 136 valence electrons. The van der Waals surface area contributed by atoms with Crippen LogP contribution in [0.4, 0.5) is 0 Å². The van der Waals surface area contributed by atoms with Crippen LogP contribution in [-0.4, -0.2) is 16.3 Å². The third kappa shape index (κ3) is 15.8. The van der Waals surface area contributed by atoms with Crippen LogP contribution in [-0.2, 0) is 4.79 Å². The standard InChI is InChI=1S/C18H35NO4/c1-2-3-4-5-6-8-11-14-17(19(22)23)15-12-9-7-10-13-16-18(20)21/h14,19,22H,2-13,15-16H2,1H3,(H,20,21). The number of hydrogen-bond donors (Lipinski definition) is 3. The Kier molecular flexibility index (Phi) is 15.3. The topological polar surface area (TPSA) is 85.0 Å². The lowest BCUT2D eigenvalue weighted by Crippen LogP contribution is -3.02. The zero-order valence-corrected chi connectivity index (χ0v) is 14.7. The Labute approximate surface area is 140 Å². The molecule has 23 heavy (non-hydrogen) atoms. The van der Waals surface area contributed by atoms with Gasteiger partial charge in [-0.3, -0.25) is 4.79 Å². The van der Waals surface area contributed by atoms with E-state index < -0.39 is 11.2 Å². The van der Waals surface area contributed by atoms with Gasteiger partial charge in [-0.1, -0.05) is 58.3 Å². The minimum Gasteiger partial charge on any atom is -0.595 e. The zero-order chi connectivity index (χ0) is 17.3. The van der Waals surface area contributed by atoms with Gasteiger partial charge in [-0.25, -0.2) is 5.21 Å². The van der Waals surface area contributed by atoms with Crippen LogP contribution in [0.3, 0.4) is 0 Å². The first kappa shape index (κ1) is 22.1. The first-order valence-corrected chi connectivity index (χ1v) is 9.22. The van der Waals surface area contributed by atoms with Crippen molar-refractivity contribution in [3.8, 4) is 0 Å². The molecule has 0 amide bonds. The average molecular weight is 329 g/mol. The summed E-state index contributed by atoms with van der Waals surface area (Å²) >= 11 is 0. The van der Waals surface area contributed by atoms with E-state index in [9.17, 15) is 15.2 Å². The average Bonchev–Trinajstić information content (AvgIpc) is 2.50. The highest BCUT2D eigenvalue weighted by molar-refractivity contribution is 5.66. The second-order valence-corrected chi connectivity index (χ2v) is 6.25. The quantitative estimate of drug-likeness (QED) is 0.292. The van der Waals surface area contributed by atoms with Gasteiger partial charge in [0.15, 0.2) is 0 Å². The maximum atomic E-state index is 11.2. The van der Waals surface area contributed by atoms with Crippen LogP contribution in [0.15, 0.2) is 11.8 Å². The number of nitrogens with one attached hydrogen (secondary N) is 1. The Morgan fingerprint density at radius 1 is 0.913 bits per heavy atom. The highest BCUT2D eigenvalue weighted by Crippen LogP contribution is 2.11. The van der Waals surface area contributed by atoms with Crippen LogP contribution in [0.2, 0.25) is 0 Å². The number of allylic oxidation sites excluding steroid dienone is 2. The molecular weight excluding hydrogens is 294 g/mol. The zero-order valence-electron chi connectivity index (χ0n) is 14.7. The summed E-state index contributed by atoms with van der Waals surface area (Å²) in [6.07, 6.45) is 15.4. The Morgan fingerprint density at radius 2 is 1.43 bits per heavy atom. The Balaban J connectivity index is 3.68.